The van der Waals surface area contributed by atoms with Crippen molar-refractivity contribution in [2.45, 2.75) is 25.8 Å². The topological polar surface area (TPSA) is 64.6 Å². The van der Waals surface area contributed by atoms with E-state index in [0.717, 1.165) is 0 Å². The molecule has 1 aromatic rings. The molecule has 0 spiro atoms. The largest absolute Gasteiger partial charge is 0.467 e. The second-order valence-corrected chi connectivity index (χ2v) is 4.23. The van der Waals surface area contributed by atoms with E-state index in [0.29, 0.717) is 31.6 Å². The van der Waals surface area contributed by atoms with E-state index >= 15 is 0 Å². The van der Waals surface area contributed by atoms with Crippen molar-refractivity contribution in [3.8, 4) is 0 Å². The Balaban J connectivity index is 2.58. The standard InChI is InChI=1S/C15H21NO4/c1-3-20-11-7-10-13(17)16-14(15(18)19-2)12-8-5-4-6-9-12/h4-6,8-9,14H,3,7,10-11H2,1-2H3,(H,16,17). The molecular formula is C15H21NO4. The average Bonchev–Trinajstić information content (AvgIpc) is 2.49. The molecule has 20 heavy (non-hydrogen) atoms. The molecule has 5 heteroatoms. The Bertz CT molecular complexity index is 419. The fraction of sp³-hybridized carbons (Fsp3) is 0.467. The van der Waals surface area contributed by atoms with Crippen molar-refractivity contribution in [3.05, 3.63) is 35.9 Å². The SMILES string of the molecule is CCOCCCC(=O)NC(C(=O)OC)c1ccccc1. The third kappa shape index (κ3) is 5.40. The Morgan fingerprint density at radius 1 is 1.25 bits per heavy atom. The summed E-state index contributed by atoms with van der Waals surface area (Å²) >= 11 is 0. The minimum atomic E-state index is -0.763. The summed E-state index contributed by atoms with van der Waals surface area (Å²) in [6, 6.07) is 8.27. The number of rotatable bonds is 8. The highest BCUT2D eigenvalue weighted by Gasteiger charge is 2.22. The Hall–Kier alpha value is -1.88. The van der Waals surface area contributed by atoms with Crippen LogP contribution in [0.15, 0.2) is 30.3 Å². The molecule has 1 atom stereocenters. The van der Waals surface area contributed by atoms with Gasteiger partial charge in [0.05, 0.1) is 7.11 Å². The maximum Gasteiger partial charge on any atom is 0.333 e. The number of methoxy groups -OCH3 is 1. The van der Waals surface area contributed by atoms with Crippen LogP contribution in [0.5, 0.6) is 0 Å². The van der Waals surface area contributed by atoms with Crippen molar-refractivity contribution in [2.24, 2.45) is 0 Å². The van der Waals surface area contributed by atoms with Crippen LogP contribution in [0.1, 0.15) is 31.4 Å². The fourth-order valence-electron chi connectivity index (χ4n) is 1.75. The van der Waals surface area contributed by atoms with Gasteiger partial charge in [0.1, 0.15) is 0 Å². The zero-order valence-electron chi connectivity index (χ0n) is 11.9. The summed E-state index contributed by atoms with van der Waals surface area (Å²) in [5.41, 5.74) is 0.706. The Morgan fingerprint density at radius 2 is 1.95 bits per heavy atom. The number of carbonyl (C=O) groups excluding carboxylic acids is 2. The summed E-state index contributed by atoms with van der Waals surface area (Å²) < 4.78 is 9.90. The van der Waals surface area contributed by atoms with Crippen LogP contribution in [0.3, 0.4) is 0 Å². The lowest BCUT2D eigenvalue weighted by atomic mass is 10.1. The Morgan fingerprint density at radius 3 is 2.55 bits per heavy atom. The lowest BCUT2D eigenvalue weighted by Gasteiger charge is -2.16. The van der Waals surface area contributed by atoms with E-state index in [1.165, 1.54) is 7.11 Å². The third-order valence-corrected chi connectivity index (χ3v) is 2.77. The Kier molecular flexibility index (Phi) is 7.35. The molecule has 0 heterocycles. The number of ether oxygens (including phenoxy) is 2. The van der Waals surface area contributed by atoms with Crippen molar-refractivity contribution in [1.29, 1.82) is 0 Å². The van der Waals surface area contributed by atoms with Gasteiger partial charge in [-0.3, -0.25) is 4.79 Å². The second-order valence-electron chi connectivity index (χ2n) is 4.23. The van der Waals surface area contributed by atoms with Crippen LogP contribution in [0.4, 0.5) is 0 Å². The molecular weight excluding hydrogens is 258 g/mol. The molecule has 1 unspecified atom stereocenters. The van der Waals surface area contributed by atoms with E-state index < -0.39 is 12.0 Å². The highest BCUT2D eigenvalue weighted by molar-refractivity contribution is 5.85. The molecule has 1 aromatic carbocycles. The molecule has 0 aliphatic heterocycles. The summed E-state index contributed by atoms with van der Waals surface area (Å²) in [5, 5.41) is 2.69. The number of carbonyl (C=O) groups is 2. The zero-order valence-corrected chi connectivity index (χ0v) is 11.9. The summed E-state index contributed by atoms with van der Waals surface area (Å²) in [5.74, 6) is -0.668. The van der Waals surface area contributed by atoms with Crippen LogP contribution in [0.2, 0.25) is 0 Å². The van der Waals surface area contributed by atoms with Crippen LogP contribution in [-0.4, -0.2) is 32.2 Å². The van der Waals surface area contributed by atoms with Crippen LogP contribution in [-0.2, 0) is 19.1 Å². The lowest BCUT2D eigenvalue weighted by molar-refractivity contribution is -0.145. The maximum absolute atomic E-state index is 11.8. The molecule has 0 aromatic heterocycles. The van der Waals surface area contributed by atoms with Gasteiger partial charge in [0.15, 0.2) is 6.04 Å². The van der Waals surface area contributed by atoms with Gasteiger partial charge in [0.25, 0.3) is 0 Å². The van der Waals surface area contributed by atoms with Crippen molar-refractivity contribution in [1.82, 2.24) is 5.32 Å². The van der Waals surface area contributed by atoms with E-state index in [2.05, 4.69) is 5.32 Å². The summed E-state index contributed by atoms with van der Waals surface area (Å²) in [7, 11) is 1.31. The van der Waals surface area contributed by atoms with E-state index in [1.54, 1.807) is 12.1 Å². The first-order valence-electron chi connectivity index (χ1n) is 6.69. The van der Waals surface area contributed by atoms with Crippen molar-refractivity contribution >= 4 is 11.9 Å². The van der Waals surface area contributed by atoms with Crippen molar-refractivity contribution in [3.63, 3.8) is 0 Å². The van der Waals surface area contributed by atoms with E-state index in [-0.39, 0.29) is 5.91 Å². The van der Waals surface area contributed by atoms with Crippen LogP contribution in [0.25, 0.3) is 0 Å². The second kappa shape index (κ2) is 9.09. The first-order chi connectivity index (χ1) is 9.69. The monoisotopic (exact) mass is 279 g/mol. The molecule has 0 fully saturated rings. The van der Waals surface area contributed by atoms with Gasteiger partial charge in [-0.1, -0.05) is 30.3 Å². The number of amides is 1. The van der Waals surface area contributed by atoms with Crippen LogP contribution >= 0.6 is 0 Å². The molecule has 1 amide bonds. The molecule has 5 nitrogen and oxygen atoms in total. The van der Waals surface area contributed by atoms with Gasteiger partial charge in [-0.25, -0.2) is 4.79 Å². The van der Waals surface area contributed by atoms with Gasteiger partial charge in [-0.2, -0.15) is 0 Å². The van der Waals surface area contributed by atoms with E-state index in [4.69, 9.17) is 9.47 Å². The van der Waals surface area contributed by atoms with Crippen molar-refractivity contribution < 1.29 is 19.1 Å². The minimum Gasteiger partial charge on any atom is -0.467 e. The average molecular weight is 279 g/mol. The summed E-state index contributed by atoms with van der Waals surface area (Å²) in [6.07, 6.45) is 0.947. The van der Waals surface area contributed by atoms with Crippen LogP contribution < -0.4 is 5.32 Å². The van der Waals surface area contributed by atoms with Gasteiger partial charge in [0, 0.05) is 19.6 Å². The van der Waals surface area contributed by atoms with Gasteiger partial charge in [-0.15, -0.1) is 0 Å². The fourth-order valence-corrected chi connectivity index (χ4v) is 1.75. The number of hydrogen-bond donors (Lipinski definition) is 1. The molecule has 0 aliphatic rings. The predicted octanol–water partition coefficient (Wildman–Crippen LogP) is 1.83. The number of hydrogen-bond acceptors (Lipinski definition) is 4. The van der Waals surface area contributed by atoms with E-state index in [9.17, 15) is 9.59 Å². The number of esters is 1. The normalized spacial score (nSPS) is 11.7. The lowest BCUT2D eigenvalue weighted by Crippen LogP contribution is -2.34. The summed E-state index contributed by atoms with van der Waals surface area (Å²) in [6.45, 7) is 3.08. The minimum absolute atomic E-state index is 0.191. The highest BCUT2D eigenvalue weighted by Crippen LogP contribution is 2.14. The molecule has 110 valence electrons. The van der Waals surface area contributed by atoms with E-state index in [1.807, 2.05) is 25.1 Å². The molecule has 1 rings (SSSR count). The zero-order chi connectivity index (χ0) is 14.8. The van der Waals surface area contributed by atoms with Gasteiger partial charge in [0.2, 0.25) is 5.91 Å². The molecule has 1 N–H and O–H groups in total. The molecule has 0 radical (unpaired) electrons. The van der Waals surface area contributed by atoms with Crippen LogP contribution in [0, 0.1) is 0 Å². The quantitative estimate of drug-likeness (QED) is 0.582. The molecule has 0 aliphatic carbocycles. The highest BCUT2D eigenvalue weighted by atomic mass is 16.5. The van der Waals surface area contributed by atoms with Crippen molar-refractivity contribution in [2.75, 3.05) is 20.3 Å². The van der Waals surface area contributed by atoms with Gasteiger partial charge >= 0.3 is 5.97 Å². The number of nitrogens with one attached hydrogen (secondary N) is 1. The summed E-state index contributed by atoms with van der Waals surface area (Å²) in [4.78, 5) is 23.6. The third-order valence-electron chi connectivity index (χ3n) is 2.77. The predicted molar refractivity (Wildman–Crippen MR) is 75.1 cm³/mol. The van der Waals surface area contributed by atoms with Gasteiger partial charge in [-0.05, 0) is 18.9 Å². The molecule has 0 bridgehead atoms. The Labute approximate surface area is 119 Å². The first-order valence-corrected chi connectivity index (χ1v) is 6.69. The van der Waals surface area contributed by atoms with Gasteiger partial charge < -0.3 is 14.8 Å². The maximum atomic E-state index is 11.8. The number of benzene rings is 1. The molecule has 0 saturated carbocycles. The first kappa shape index (κ1) is 16.2. The molecule has 0 saturated heterocycles. The smallest absolute Gasteiger partial charge is 0.333 e.